The van der Waals surface area contributed by atoms with Crippen LogP contribution in [0, 0.1) is 0 Å². The Bertz CT molecular complexity index is 365. The lowest BCUT2D eigenvalue weighted by atomic mass is 10.0. The number of nitrogens with two attached hydrogens (primary N) is 1. The average Bonchev–Trinajstić information content (AvgIpc) is 2.26. The van der Waals surface area contributed by atoms with Crippen molar-refractivity contribution in [1.29, 1.82) is 0 Å². The number of aliphatic hydroxyl groups excluding tert-OH is 1. The Morgan fingerprint density at radius 2 is 2.00 bits per heavy atom. The lowest BCUT2D eigenvalue weighted by molar-refractivity contribution is -0.118. The minimum absolute atomic E-state index is 0.222. The molecule has 0 saturated heterocycles. The van der Waals surface area contributed by atoms with E-state index < -0.39 is 6.10 Å². The third kappa shape index (κ3) is 4.79. The first-order chi connectivity index (χ1) is 7.92. The van der Waals surface area contributed by atoms with Crippen LogP contribution >= 0.6 is 11.8 Å². The van der Waals surface area contributed by atoms with Crippen molar-refractivity contribution in [3.63, 3.8) is 0 Å². The van der Waals surface area contributed by atoms with Gasteiger partial charge in [-0.25, -0.2) is 0 Å². The molecule has 0 fully saturated rings. The van der Waals surface area contributed by atoms with Gasteiger partial charge in [0.1, 0.15) is 0 Å². The van der Waals surface area contributed by atoms with Crippen molar-refractivity contribution in [2.75, 3.05) is 0 Å². The third-order valence-electron chi connectivity index (χ3n) is 2.59. The molecule has 4 heteroatoms. The fourth-order valence-corrected chi connectivity index (χ4v) is 2.64. The molecule has 3 nitrogen and oxygen atoms in total. The van der Waals surface area contributed by atoms with E-state index in [0.29, 0.717) is 6.42 Å². The van der Waals surface area contributed by atoms with Crippen molar-refractivity contribution in [3.8, 4) is 0 Å². The van der Waals surface area contributed by atoms with Crippen LogP contribution in [0.2, 0.25) is 0 Å². The smallest absolute Gasteiger partial charge is 0.217 e. The molecule has 0 bridgehead atoms. The van der Waals surface area contributed by atoms with Crippen molar-refractivity contribution in [2.24, 2.45) is 5.73 Å². The van der Waals surface area contributed by atoms with Crippen LogP contribution in [0.15, 0.2) is 35.2 Å². The molecule has 0 radical (unpaired) electrons. The second-order valence-corrected chi connectivity index (χ2v) is 6.27. The zero-order valence-electron chi connectivity index (χ0n) is 10.2. The molecule has 0 spiro atoms. The number of hydrogen-bond acceptors (Lipinski definition) is 3. The van der Waals surface area contributed by atoms with Gasteiger partial charge < -0.3 is 10.8 Å². The van der Waals surface area contributed by atoms with Crippen molar-refractivity contribution in [3.05, 3.63) is 30.3 Å². The molecular weight excluding hydrogens is 234 g/mol. The zero-order valence-corrected chi connectivity index (χ0v) is 11.0. The molecule has 0 heterocycles. The molecule has 1 aromatic carbocycles. The molecule has 17 heavy (non-hydrogen) atoms. The van der Waals surface area contributed by atoms with Gasteiger partial charge in [-0.15, -0.1) is 11.8 Å². The summed E-state index contributed by atoms with van der Waals surface area (Å²) in [5.41, 5.74) is 5.08. The van der Waals surface area contributed by atoms with E-state index in [4.69, 9.17) is 5.73 Å². The van der Waals surface area contributed by atoms with Crippen LogP contribution in [0.4, 0.5) is 0 Å². The van der Waals surface area contributed by atoms with Crippen molar-refractivity contribution < 1.29 is 9.90 Å². The summed E-state index contributed by atoms with van der Waals surface area (Å²) < 4.78 is -0.337. The number of carbonyl (C=O) groups is 1. The van der Waals surface area contributed by atoms with Crippen LogP contribution in [-0.2, 0) is 4.79 Å². The van der Waals surface area contributed by atoms with Gasteiger partial charge in [-0.05, 0) is 32.4 Å². The summed E-state index contributed by atoms with van der Waals surface area (Å²) >= 11 is 1.60. The van der Waals surface area contributed by atoms with Crippen LogP contribution in [-0.4, -0.2) is 21.9 Å². The van der Waals surface area contributed by atoms with E-state index in [1.54, 1.807) is 11.8 Å². The monoisotopic (exact) mass is 253 g/mol. The quantitative estimate of drug-likeness (QED) is 0.764. The summed E-state index contributed by atoms with van der Waals surface area (Å²) in [7, 11) is 0. The maximum absolute atomic E-state index is 10.7. The highest BCUT2D eigenvalue weighted by atomic mass is 32.2. The molecule has 0 aromatic heterocycles. The highest BCUT2D eigenvalue weighted by Gasteiger charge is 2.29. The molecule has 1 unspecified atom stereocenters. The van der Waals surface area contributed by atoms with Gasteiger partial charge in [-0.3, -0.25) is 4.79 Å². The second-order valence-electron chi connectivity index (χ2n) is 4.54. The standard InChI is InChI=1S/C13H19NO2S/c1-13(2,11(15)8-9-12(14)16)17-10-6-4-3-5-7-10/h3-7,11,15H,8-9H2,1-2H3,(H2,14,16). The SMILES string of the molecule is CC(C)(Sc1ccccc1)C(O)CCC(N)=O. The predicted octanol–water partition coefficient (Wildman–Crippen LogP) is 2.18. The molecule has 94 valence electrons. The summed E-state index contributed by atoms with van der Waals surface area (Å²) in [6.07, 6.45) is 0.0717. The summed E-state index contributed by atoms with van der Waals surface area (Å²) in [6, 6.07) is 9.91. The Morgan fingerprint density at radius 1 is 1.41 bits per heavy atom. The Morgan fingerprint density at radius 3 is 2.53 bits per heavy atom. The Hall–Kier alpha value is -1.00. The Balaban J connectivity index is 2.58. The van der Waals surface area contributed by atoms with Gasteiger partial charge in [0.25, 0.3) is 0 Å². The molecule has 0 aliphatic heterocycles. The maximum Gasteiger partial charge on any atom is 0.217 e. The normalized spacial score (nSPS) is 13.4. The first kappa shape index (κ1) is 14.1. The minimum Gasteiger partial charge on any atom is -0.392 e. The lowest BCUT2D eigenvalue weighted by Gasteiger charge is -2.29. The summed E-state index contributed by atoms with van der Waals surface area (Å²) in [6.45, 7) is 3.94. The predicted molar refractivity (Wildman–Crippen MR) is 70.8 cm³/mol. The fraction of sp³-hybridized carbons (Fsp3) is 0.462. The summed E-state index contributed by atoms with van der Waals surface area (Å²) in [5.74, 6) is -0.371. The van der Waals surface area contributed by atoms with E-state index in [0.717, 1.165) is 4.90 Å². The van der Waals surface area contributed by atoms with Crippen molar-refractivity contribution >= 4 is 17.7 Å². The maximum atomic E-state index is 10.7. The van der Waals surface area contributed by atoms with E-state index in [-0.39, 0.29) is 17.1 Å². The summed E-state index contributed by atoms with van der Waals surface area (Å²) in [5, 5.41) is 10.1. The van der Waals surface area contributed by atoms with Crippen LogP contribution in [0.25, 0.3) is 0 Å². The van der Waals surface area contributed by atoms with Gasteiger partial charge in [0.15, 0.2) is 0 Å². The molecule has 0 saturated carbocycles. The number of carbonyl (C=O) groups excluding carboxylic acids is 1. The highest BCUT2D eigenvalue weighted by molar-refractivity contribution is 8.00. The van der Waals surface area contributed by atoms with Gasteiger partial charge in [-0.2, -0.15) is 0 Å². The van der Waals surface area contributed by atoms with E-state index in [1.165, 1.54) is 0 Å². The fourth-order valence-electron chi connectivity index (χ4n) is 1.49. The van der Waals surface area contributed by atoms with Crippen LogP contribution in [0.5, 0.6) is 0 Å². The number of thioether (sulfide) groups is 1. The van der Waals surface area contributed by atoms with E-state index in [9.17, 15) is 9.90 Å². The second kappa shape index (κ2) is 6.07. The van der Waals surface area contributed by atoms with Crippen LogP contribution in [0.3, 0.4) is 0 Å². The number of amides is 1. The Kier molecular flexibility index (Phi) is 5.02. The first-order valence-electron chi connectivity index (χ1n) is 5.62. The van der Waals surface area contributed by atoms with E-state index in [1.807, 2.05) is 44.2 Å². The van der Waals surface area contributed by atoms with Crippen LogP contribution < -0.4 is 5.73 Å². The number of rotatable bonds is 6. The average molecular weight is 253 g/mol. The van der Waals surface area contributed by atoms with Gasteiger partial charge >= 0.3 is 0 Å². The van der Waals surface area contributed by atoms with Gasteiger partial charge in [0.2, 0.25) is 5.91 Å². The van der Waals surface area contributed by atoms with Crippen LogP contribution in [0.1, 0.15) is 26.7 Å². The van der Waals surface area contributed by atoms with Crippen molar-refractivity contribution in [1.82, 2.24) is 0 Å². The third-order valence-corrected chi connectivity index (χ3v) is 3.90. The molecule has 1 rings (SSSR count). The minimum atomic E-state index is -0.555. The molecule has 1 aromatic rings. The van der Waals surface area contributed by atoms with E-state index >= 15 is 0 Å². The Labute approximate surface area is 106 Å². The highest BCUT2D eigenvalue weighted by Crippen LogP contribution is 2.36. The largest absolute Gasteiger partial charge is 0.392 e. The molecule has 0 aliphatic rings. The zero-order chi connectivity index (χ0) is 12.9. The van der Waals surface area contributed by atoms with Gasteiger partial charge in [0, 0.05) is 16.1 Å². The number of primary amides is 1. The molecule has 1 amide bonds. The number of hydrogen-bond donors (Lipinski definition) is 2. The van der Waals surface area contributed by atoms with E-state index in [2.05, 4.69) is 0 Å². The van der Waals surface area contributed by atoms with Gasteiger partial charge in [-0.1, -0.05) is 18.2 Å². The van der Waals surface area contributed by atoms with Crippen molar-refractivity contribution in [2.45, 2.75) is 42.4 Å². The summed E-state index contributed by atoms with van der Waals surface area (Å²) in [4.78, 5) is 11.8. The molecule has 1 atom stereocenters. The lowest BCUT2D eigenvalue weighted by Crippen LogP contribution is -2.33. The molecular formula is C13H19NO2S. The molecule has 3 N–H and O–H groups in total. The molecule has 0 aliphatic carbocycles. The first-order valence-corrected chi connectivity index (χ1v) is 6.44. The van der Waals surface area contributed by atoms with Gasteiger partial charge in [0.05, 0.1) is 6.10 Å². The number of aliphatic hydroxyl groups is 1. The number of benzene rings is 1. The topological polar surface area (TPSA) is 63.3 Å².